The third-order valence-electron chi connectivity index (χ3n) is 6.58. The number of hydrogen-bond acceptors (Lipinski definition) is 7. The van der Waals surface area contributed by atoms with Crippen LogP contribution >= 0.6 is 11.8 Å². The molecule has 3 heterocycles. The van der Waals surface area contributed by atoms with Gasteiger partial charge in [-0.15, -0.1) is 10.2 Å². The van der Waals surface area contributed by atoms with Crippen LogP contribution in [0.4, 0.5) is 0 Å². The van der Waals surface area contributed by atoms with Gasteiger partial charge in [-0.25, -0.2) is 8.42 Å². The van der Waals surface area contributed by atoms with E-state index in [0.717, 1.165) is 72.1 Å². The zero-order chi connectivity index (χ0) is 24.4. The topological polar surface area (TPSA) is 81.0 Å². The van der Waals surface area contributed by atoms with Crippen molar-refractivity contribution in [3.8, 4) is 11.4 Å². The van der Waals surface area contributed by atoms with Gasteiger partial charge in [-0.3, -0.25) is 4.98 Å². The highest BCUT2D eigenvalue weighted by Gasteiger charge is 2.17. The molecule has 0 bridgehead atoms. The van der Waals surface area contributed by atoms with Gasteiger partial charge in [0.1, 0.15) is 0 Å². The fourth-order valence-corrected chi connectivity index (χ4v) is 6.13. The molecule has 0 N–H and O–H groups in total. The molecule has 0 unspecified atom stereocenters. The molecule has 0 aliphatic carbocycles. The lowest BCUT2D eigenvalue weighted by Crippen LogP contribution is -2.27. The van der Waals surface area contributed by atoms with E-state index in [1.54, 1.807) is 17.8 Å². The maximum atomic E-state index is 11.9. The summed E-state index contributed by atoms with van der Waals surface area (Å²) in [4.78, 5) is 7.35. The van der Waals surface area contributed by atoms with E-state index >= 15 is 0 Å². The number of hydrogen-bond donors (Lipinski definition) is 0. The minimum atomic E-state index is -3.17. The molecule has 0 radical (unpaired) electrons. The number of nitrogens with zero attached hydrogens (tertiary/aromatic N) is 5. The SMILES string of the molecule is Cn1c(SCCCN2CCc3ccc(S(C)(=O)=O)cc3CC2)nnc1-c1ccnc2ccccc12. The lowest BCUT2D eigenvalue weighted by Gasteiger charge is -2.19. The van der Waals surface area contributed by atoms with Gasteiger partial charge in [0.05, 0.1) is 10.4 Å². The lowest BCUT2D eigenvalue weighted by molar-refractivity contribution is 0.289. The molecular weight excluding hydrogens is 478 g/mol. The Labute approximate surface area is 210 Å². The van der Waals surface area contributed by atoms with Crippen LogP contribution in [0, 0.1) is 0 Å². The Hall–Kier alpha value is -2.75. The van der Waals surface area contributed by atoms with Crippen molar-refractivity contribution in [2.24, 2.45) is 7.05 Å². The number of benzene rings is 2. The molecule has 7 nitrogen and oxygen atoms in total. The Morgan fingerprint density at radius 1 is 1.00 bits per heavy atom. The number of pyridine rings is 1. The summed E-state index contributed by atoms with van der Waals surface area (Å²) in [5.41, 5.74) is 4.43. The summed E-state index contributed by atoms with van der Waals surface area (Å²) in [5, 5.41) is 10.9. The van der Waals surface area contributed by atoms with Crippen LogP contribution in [0.3, 0.4) is 0 Å². The molecule has 0 atom stereocenters. The number of thioether (sulfide) groups is 1. The van der Waals surface area contributed by atoms with Crippen molar-refractivity contribution >= 4 is 32.5 Å². The van der Waals surface area contributed by atoms with Crippen molar-refractivity contribution in [3.05, 3.63) is 65.9 Å². The standard InChI is InChI=1S/C26H29N5O2S2/c1-30-25(23-10-13-27-24-7-4-3-6-22(23)24)28-29-26(30)34-17-5-14-31-15-11-19-8-9-21(35(2,32)33)18-20(19)12-16-31/h3-4,6-10,13,18H,5,11-12,14-17H2,1-2H3. The second kappa shape index (κ2) is 10.1. The van der Waals surface area contributed by atoms with Crippen LogP contribution in [0.2, 0.25) is 0 Å². The molecule has 5 rings (SSSR count). The Bertz CT molecular complexity index is 1460. The third kappa shape index (κ3) is 5.27. The largest absolute Gasteiger partial charge is 0.305 e. The second-order valence-corrected chi connectivity index (χ2v) is 12.1. The molecule has 1 aliphatic heterocycles. The number of sulfone groups is 1. The summed E-state index contributed by atoms with van der Waals surface area (Å²) in [6.45, 7) is 2.97. The molecule has 35 heavy (non-hydrogen) atoms. The van der Waals surface area contributed by atoms with Gasteiger partial charge < -0.3 is 9.47 Å². The smallest absolute Gasteiger partial charge is 0.191 e. The molecule has 0 spiro atoms. The normalized spacial score (nSPS) is 14.7. The van der Waals surface area contributed by atoms with Gasteiger partial charge in [0.15, 0.2) is 20.8 Å². The van der Waals surface area contributed by atoms with Gasteiger partial charge in [-0.05, 0) is 61.2 Å². The molecule has 182 valence electrons. The molecular formula is C26H29N5O2S2. The maximum Gasteiger partial charge on any atom is 0.191 e. The highest BCUT2D eigenvalue weighted by molar-refractivity contribution is 7.99. The van der Waals surface area contributed by atoms with Crippen LogP contribution in [0.15, 0.2) is 64.8 Å². The lowest BCUT2D eigenvalue weighted by atomic mass is 10.0. The van der Waals surface area contributed by atoms with Gasteiger partial charge in [0.25, 0.3) is 0 Å². The summed E-state index contributed by atoms with van der Waals surface area (Å²) in [6, 6.07) is 15.7. The fraction of sp³-hybridized carbons (Fsp3) is 0.346. The van der Waals surface area contributed by atoms with Gasteiger partial charge in [-0.2, -0.15) is 0 Å². The number of aromatic nitrogens is 4. The van der Waals surface area contributed by atoms with Crippen molar-refractivity contribution in [2.45, 2.75) is 29.3 Å². The molecule has 0 saturated carbocycles. The fourth-order valence-electron chi connectivity index (χ4n) is 4.62. The highest BCUT2D eigenvalue weighted by Crippen LogP contribution is 2.28. The Balaban J connectivity index is 1.17. The van der Waals surface area contributed by atoms with Crippen molar-refractivity contribution < 1.29 is 8.42 Å². The average Bonchev–Trinajstić information content (AvgIpc) is 3.08. The van der Waals surface area contributed by atoms with Gasteiger partial charge in [0, 0.05) is 49.3 Å². The molecule has 4 aromatic rings. The van der Waals surface area contributed by atoms with Gasteiger partial charge >= 0.3 is 0 Å². The predicted molar refractivity (Wildman–Crippen MR) is 140 cm³/mol. The number of fused-ring (bicyclic) bond motifs is 2. The first-order valence-corrected chi connectivity index (χ1v) is 14.7. The zero-order valence-electron chi connectivity index (χ0n) is 20.0. The Kier molecular flexibility index (Phi) is 6.91. The van der Waals surface area contributed by atoms with E-state index in [2.05, 4.69) is 30.7 Å². The van der Waals surface area contributed by atoms with Crippen LogP contribution in [-0.4, -0.2) is 64.7 Å². The van der Waals surface area contributed by atoms with Crippen molar-refractivity contribution in [1.29, 1.82) is 0 Å². The van der Waals surface area contributed by atoms with E-state index in [-0.39, 0.29) is 0 Å². The van der Waals surface area contributed by atoms with Crippen LogP contribution in [-0.2, 0) is 29.7 Å². The number of para-hydroxylation sites is 1. The average molecular weight is 508 g/mol. The van der Waals surface area contributed by atoms with Crippen molar-refractivity contribution in [3.63, 3.8) is 0 Å². The first-order valence-electron chi connectivity index (χ1n) is 11.8. The van der Waals surface area contributed by atoms with E-state index in [1.807, 2.05) is 49.6 Å². The first kappa shape index (κ1) is 24.0. The van der Waals surface area contributed by atoms with Gasteiger partial charge in [-0.1, -0.05) is 36.0 Å². The summed E-state index contributed by atoms with van der Waals surface area (Å²) >= 11 is 1.73. The van der Waals surface area contributed by atoms with E-state index in [1.165, 1.54) is 17.4 Å². The Morgan fingerprint density at radius 2 is 1.80 bits per heavy atom. The molecule has 0 amide bonds. The minimum Gasteiger partial charge on any atom is -0.305 e. The van der Waals surface area contributed by atoms with E-state index in [9.17, 15) is 8.42 Å². The summed E-state index contributed by atoms with van der Waals surface area (Å²) in [7, 11) is -1.15. The summed E-state index contributed by atoms with van der Waals surface area (Å²) in [5.74, 6) is 1.81. The van der Waals surface area contributed by atoms with E-state index < -0.39 is 9.84 Å². The number of rotatable bonds is 7. The summed E-state index contributed by atoms with van der Waals surface area (Å²) < 4.78 is 25.9. The predicted octanol–water partition coefficient (Wildman–Crippen LogP) is 4.02. The molecule has 2 aromatic carbocycles. The highest BCUT2D eigenvalue weighted by atomic mass is 32.2. The molecule has 1 aliphatic rings. The van der Waals surface area contributed by atoms with Crippen LogP contribution < -0.4 is 0 Å². The van der Waals surface area contributed by atoms with E-state index in [0.29, 0.717) is 4.90 Å². The van der Waals surface area contributed by atoms with Gasteiger partial charge in [0.2, 0.25) is 0 Å². The molecule has 2 aromatic heterocycles. The third-order valence-corrected chi connectivity index (χ3v) is 8.79. The molecule has 0 saturated heterocycles. The van der Waals surface area contributed by atoms with Crippen LogP contribution in [0.1, 0.15) is 17.5 Å². The molecule has 9 heteroatoms. The van der Waals surface area contributed by atoms with Crippen LogP contribution in [0.25, 0.3) is 22.3 Å². The van der Waals surface area contributed by atoms with Crippen LogP contribution in [0.5, 0.6) is 0 Å². The summed E-state index contributed by atoms with van der Waals surface area (Å²) in [6.07, 6.45) is 5.99. The first-order chi connectivity index (χ1) is 16.9. The Morgan fingerprint density at radius 3 is 2.63 bits per heavy atom. The zero-order valence-corrected chi connectivity index (χ0v) is 21.6. The monoisotopic (exact) mass is 507 g/mol. The van der Waals surface area contributed by atoms with Crippen molar-refractivity contribution in [1.82, 2.24) is 24.6 Å². The second-order valence-electron chi connectivity index (χ2n) is 8.99. The minimum absolute atomic E-state index is 0.420. The quantitative estimate of drug-likeness (QED) is 0.276. The molecule has 0 fully saturated rings. The van der Waals surface area contributed by atoms with Crippen molar-refractivity contribution in [2.75, 3.05) is 31.6 Å². The van der Waals surface area contributed by atoms with E-state index in [4.69, 9.17) is 0 Å². The maximum absolute atomic E-state index is 11.9.